The normalized spacial score (nSPS) is 21.3. The van der Waals surface area contributed by atoms with Gasteiger partial charge in [-0.05, 0) is 100 Å². The summed E-state index contributed by atoms with van der Waals surface area (Å²) in [6.45, 7) is 1.30. The minimum absolute atomic E-state index is 0.103. The van der Waals surface area contributed by atoms with Crippen LogP contribution in [0.15, 0.2) is 47.0 Å². The number of nitrogens with one attached hydrogen (secondary N) is 2. The second-order valence-electron chi connectivity index (χ2n) is 7.71. The zero-order chi connectivity index (χ0) is 25.6. The summed E-state index contributed by atoms with van der Waals surface area (Å²) in [6.07, 6.45) is 2.61. The van der Waals surface area contributed by atoms with Gasteiger partial charge in [-0.25, -0.2) is 0 Å². The van der Waals surface area contributed by atoms with Crippen LogP contribution in [0.4, 0.5) is 0 Å². The lowest BCUT2D eigenvalue weighted by Crippen LogP contribution is -2.45. The average molecular weight is 745 g/mol. The molecule has 0 radical (unpaired) electrons. The van der Waals surface area contributed by atoms with Crippen molar-refractivity contribution < 1.29 is 29.0 Å². The third kappa shape index (κ3) is 6.68. The van der Waals surface area contributed by atoms with Crippen molar-refractivity contribution in [1.29, 1.82) is 0 Å². The SMILES string of the molecule is COC1=C(Br)C(O)C2(C=C1Br)CC(C(=O)NCCCOc1c(Br)cc(CCNC=O)cc1Br)=NO2. The smallest absolute Gasteiger partial charge is 0.269 e. The molecule has 0 aromatic heterocycles. The van der Waals surface area contributed by atoms with Gasteiger partial charge in [-0.3, -0.25) is 9.59 Å². The number of ether oxygens (including phenoxy) is 2. The number of halogens is 4. The molecular formula is C22H23Br4N3O6. The maximum Gasteiger partial charge on any atom is 0.269 e. The van der Waals surface area contributed by atoms with E-state index in [0.29, 0.717) is 59.4 Å². The van der Waals surface area contributed by atoms with Gasteiger partial charge in [0.2, 0.25) is 6.41 Å². The summed E-state index contributed by atoms with van der Waals surface area (Å²) in [5.74, 6) is 0.746. The van der Waals surface area contributed by atoms with Crippen LogP contribution in [0.5, 0.6) is 5.75 Å². The first-order valence-corrected chi connectivity index (χ1v) is 13.7. The Bertz CT molecular complexity index is 1050. The predicted molar refractivity (Wildman–Crippen MR) is 145 cm³/mol. The molecule has 1 aromatic rings. The van der Waals surface area contributed by atoms with Gasteiger partial charge >= 0.3 is 0 Å². The number of hydrogen-bond donors (Lipinski definition) is 3. The Kier molecular flexibility index (Phi) is 10.2. The molecule has 2 amide bonds. The van der Waals surface area contributed by atoms with E-state index in [0.717, 1.165) is 14.5 Å². The van der Waals surface area contributed by atoms with Crippen molar-refractivity contribution >= 4 is 81.7 Å². The van der Waals surface area contributed by atoms with Crippen molar-refractivity contribution in [2.24, 2.45) is 5.16 Å². The Morgan fingerprint density at radius 1 is 1.29 bits per heavy atom. The van der Waals surface area contributed by atoms with Gasteiger partial charge in [0, 0.05) is 19.5 Å². The zero-order valence-corrected chi connectivity index (χ0v) is 24.9. The second kappa shape index (κ2) is 12.7. The molecule has 0 bridgehead atoms. The Morgan fingerprint density at radius 3 is 2.66 bits per heavy atom. The van der Waals surface area contributed by atoms with Gasteiger partial charge in [0.1, 0.15) is 23.3 Å². The van der Waals surface area contributed by atoms with Crippen LogP contribution in [0.2, 0.25) is 0 Å². The Labute approximate surface area is 236 Å². The van der Waals surface area contributed by atoms with E-state index in [-0.39, 0.29) is 18.0 Å². The monoisotopic (exact) mass is 741 g/mol. The van der Waals surface area contributed by atoms with E-state index >= 15 is 0 Å². The highest BCUT2D eigenvalue weighted by Crippen LogP contribution is 2.44. The number of amides is 2. The van der Waals surface area contributed by atoms with Crippen LogP contribution < -0.4 is 15.4 Å². The molecule has 0 saturated carbocycles. The van der Waals surface area contributed by atoms with Crippen LogP contribution in [0.3, 0.4) is 0 Å². The quantitative estimate of drug-likeness (QED) is 0.235. The maximum atomic E-state index is 12.6. The van der Waals surface area contributed by atoms with Crippen LogP contribution in [0.25, 0.3) is 0 Å². The number of nitrogens with zero attached hydrogens (tertiary/aromatic N) is 1. The Hall–Kier alpha value is -1.41. The first-order valence-electron chi connectivity index (χ1n) is 10.5. The predicted octanol–water partition coefficient (Wildman–Crippen LogP) is 3.81. The van der Waals surface area contributed by atoms with Crippen LogP contribution >= 0.6 is 63.7 Å². The number of oxime groups is 1. The standard InChI is InChI=1S/C22H23Br4N3O6/c1-33-19-15(25)9-22(20(31)17(19)26)10-16(29-35-22)21(32)28-4-2-6-34-18-13(23)7-12(8-14(18)24)3-5-27-11-30/h7-9,11,20,31H,2-6,10H2,1H3,(H,27,30)(H,28,32). The lowest BCUT2D eigenvalue weighted by Gasteiger charge is -2.33. The highest BCUT2D eigenvalue weighted by molar-refractivity contribution is 9.12. The molecule has 190 valence electrons. The molecule has 1 heterocycles. The fraction of sp³-hybridized carbons (Fsp3) is 0.409. The van der Waals surface area contributed by atoms with Crippen LogP contribution in [-0.4, -0.2) is 61.6 Å². The van der Waals surface area contributed by atoms with E-state index < -0.39 is 11.7 Å². The molecule has 0 saturated heterocycles. The number of hydrogen-bond acceptors (Lipinski definition) is 7. The zero-order valence-electron chi connectivity index (χ0n) is 18.6. The molecule has 1 aliphatic heterocycles. The van der Waals surface area contributed by atoms with E-state index in [2.05, 4.69) is 79.5 Å². The molecule has 0 fully saturated rings. The maximum absolute atomic E-state index is 12.6. The van der Waals surface area contributed by atoms with E-state index in [1.165, 1.54) is 7.11 Å². The van der Waals surface area contributed by atoms with Gasteiger partial charge in [-0.15, -0.1) is 0 Å². The number of carbonyl (C=O) groups excluding carboxylic acids is 2. The molecule has 1 spiro atoms. The van der Waals surface area contributed by atoms with Gasteiger partial charge in [0.15, 0.2) is 5.60 Å². The fourth-order valence-electron chi connectivity index (χ4n) is 3.54. The van der Waals surface area contributed by atoms with Gasteiger partial charge < -0.3 is 30.1 Å². The van der Waals surface area contributed by atoms with Gasteiger partial charge in [0.05, 0.1) is 31.6 Å². The van der Waals surface area contributed by atoms with Crippen molar-refractivity contribution in [2.45, 2.75) is 31.0 Å². The molecule has 3 rings (SSSR count). The van der Waals surface area contributed by atoms with Gasteiger partial charge in [-0.2, -0.15) is 0 Å². The van der Waals surface area contributed by atoms with Crippen molar-refractivity contribution in [3.63, 3.8) is 0 Å². The number of carbonyl (C=O) groups is 2. The van der Waals surface area contributed by atoms with Crippen molar-refractivity contribution in [3.8, 4) is 5.75 Å². The second-order valence-corrected chi connectivity index (χ2v) is 11.1. The first-order chi connectivity index (χ1) is 16.7. The summed E-state index contributed by atoms with van der Waals surface area (Å²) in [4.78, 5) is 28.5. The summed E-state index contributed by atoms with van der Waals surface area (Å²) < 4.78 is 13.7. The summed E-state index contributed by atoms with van der Waals surface area (Å²) in [5, 5.41) is 20.1. The summed E-state index contributed by atoms with van der Waals surface area (Å²) in [5.41, 5.74) is 0.0394. The van der Waals surface area contributed by atoms with Crippen molar-refractivity contribution in [2.75, 3.05) is 26.8 Å². The minimum Gasteiger partial charge on any atom is -0.495 e. The van der Waals surface area contributed by atoms with E-state index in [4.69, 9.17) is 14.3 Å². The number of methoxy groups -OCH3 is 1. The summed E-state index contributed by atoms with van der Waals surface area (Å²) in [6, 6.07) is 3.89. The highest BCUT2D eigenvalue weighted by atomic mass is 79.9. The molecule has 2 atom stereocenters. The number of allylic oxidation sites excluding steroid dienone is 1. The number of aliphatic hydroxyl groups excluding tert-OH is 1. The number of aliphatic hydroxyl groups is 1. The fourth-order valence-corrected chi connectivity index (χ4v) is 6.84. The molecule has 13 heteroatoms. The Morgan fingerprint density at radius 2 is 2.00 bits per heavy atom. The van der Waals surface area contributed by atoms with Crippen molar-refractivity contribution in [3.05, 3.63) is 47.4 Å². The Balaban J connectivity index is 1.46. The van der Waals surface area contributed by atoms with Crippen LogP contribution in [0.1, 0.15) is 18.4 Å². The number of rotatable bonds is 11. The summed E-state index contributed by atoms with van der Waals surface area (Å²) >= 11 is 13.8. The molecule has 35 heavy (non-hydrogen) atoms. The molecular weight excluding hydrogens is 722 g/mol. The summed E-state index contributed by atoms with van der Waals surface area (Å²) in [7, 11) is 1.49. The van der Waals surface area contributed by atoms with Gasteiger partial charge in [-0.1, -0.05) is 5.16 Å². The molecule has 2 unspecified atom stereocenters. The highest BCUT2D eigenvalue weighted by Gasteiger charge is 2.50. The van der Waals surface area contributed by atoms with Crippen LogP contribution in [0, 0.1) is 0 Å². The van der Waals surface area contributed by atoms with E-state index in [1.54, 1.807) is 6.08 Å². The first kappa shape index (κ1) is 28.2. The van der Waals surface area contributed by atoms with E-state index in [1.807, 2.05) is 12.1 Å². The lowest BCUT2D eigenvalue weighted by atomic mass is 9.87. The lowest BCUT2D eigenvalue weighted by molar-refractivity contribution is -0.115. The molecule has 1 aliphatic carbocycles. The topological polar surface area (TPSA) is 118 Å². The van der Waals surface area contributed by atoms with Gasteiger partial charge in [0.25, 0.3) is 5.91 Å². The third-order valence-electron chi connectivity index (χ3n) is 5.30. The van der Waals surface area contributed by atoms with Crippen molar-refractivity contribution in [1.82, 2.24) is 10.6 Å². The molecule has 1 aromatic carbocycles. The number of benzene rings is 1. The van der Waals surface area contributed by atoms with E-state index in [9.17, 15) is 14.7 Å². The van der Waals surface area contributed by atoms with Crippen LogP contribution in [-0.2, 0) is 25.6 Å². The third-order valence-corrected chi connectivity index (χ3v) is 7.86. The molecule has 9 nitrogen and oxygen atoms in total. The molecule has 2 aliphatic rings. The average Bonchev–Trinajstić information content (AvgIpc) is 3.24. The molecule has 3 N–H and O–H groups in total. The largest absolute Gasteiger partial charge is 0.495 e. The minimum atomic E-state index is -1.19.